The van der Waals surface area contributed by atoms with Crippen LogP contribution in [0.5, 0.6) is 0 Å². The van der Waals surface area contributed by atoms with E-state index in [1.54, 1.807) is 0 Å². The molecule has 4 N–H and O–H groups in total. The van der Waals surface area contributed by atoms with Gasteiger partial charge in [-0.2, -0.15) is 10.5 Å². The Morgan fingerprint density at radius 1 is 1.03 bits per heavy atom. The van der Waals surface area contributed by atoms with Crippen LogP contribution < -0.4 is 16.4 Å². The summed E-state index contributed by atoms with van der Waals surface area (Å²) in [4.78, 5) is 13.0. The van der Waals surface area contributed by atoms with Gasteiger partial charge < -0.3 is 16.4 Å². The predicted octanol–water partition coefficient (Wildman–Crippen LogP) is 3.79. The minimum absolute atomic E-state index is 0.00364. The van der Waals surface area contributed by atoms with Gasteiger partial charge in [-0.15, -0.1) is 0 Å². The molecule has 0 radical (unpaired) electrons. The Kier molecular flexibility index (Phi) is 5.21. The van der Waals surface area contributed by atoms with Gasteiger partial charge in [-0.1, -0.05) is 31.0 Å². The molecule has 5 fully saturated rings. The van der Waals surface area contributed by atoms with Gasteiger partial charge in [0.05, 0.1) is 34.1 Å². The van der Waals surface area contributed by atoms with Crippen LogP contribution in [0, 0.1) is 45.8 Å². The molecule has 4 bridgehead atoms. The Morgan fingerprint density at radius 2 is 1.61 bits per heavy atom. The molecule has 6 nitrogen and oxygen atoms in total. The van der Waals surface area contributed by atoms with Crippen molar-refractivity contribution >= 4 is 17.7 Å². The van der Waals surface area contributed by atoms with Crippen LogP contribution in [0.2, 0.25) is 0 Å². The third-order valence-corrected chi connectivity index (χ3v) is 9.42. The Hall–Kier alpha value is -2.12. The SMILES string of the molecule is N#CC1=C(N)NC(SCC(=O)NC23CC4CC(CC(C4)C2)C3)=C(C#N)C12CCCCC2. The van der Waals surface area contributed by atoms with Crippen molar-refractivity contribution in [3.8, 4) is 12.1 Å². The summed E-state index contributed by atoms with van der Waals surface area (Å²) in [6.07, 6.45) is 12.0. The molecule has 0 aromatic rings. The van der Waals surface area contributed by atoms with Crippen LogP contribution in [0.4, 0.5) is 0 Å². The van der Waals surface area contributed by atoms with Crippen molar-refractivity contribution in [3.05, 3.63) is 22.0 Å². The van der Waals surface area contributed by atoms with Crippen LogP contribution in [0.3, 0.4) is 0 Å². The fraction of sp³-hybridized carbons (Fsp3) is 0.708. The highest BCUT2D eigenvalue weighted by Gasteiger charge is 2.51. The maximum absolute atomic E-state index is 13.0. The molecule has 6 aliphatic rings. The molecule has 5 saturated carbocycles. The van der Waals surface area contributed by atoms with Gasteiger partial charge in [0.2, 0.25) is 5.91 Å². The lowest BCUT2D eigenvalue weighted by molar-refractivity contribution is -0.124. The van der Waals surface area contributed by atoms with E-state index in [9.17, 15) is 15.3 Å². The van der Waals surface area contributed by atoms with E-state index in [1.807, 2.05) is 0 Å². The summed E-state index contributed by atoms with van der Waals surface area (Å²) < 4.78 is 0. The van der Waals surface area contributed by atoms with Crippen molar-refractivity contribution in [1.82, 2.24) is 10.6 Å². The first-order chi connectivity index (χ1) is 15.0. The molecule has 0 saturated heterocycles. The van der Waals surface area contributed by atoms with Crippen LogP contribution in [0.1, 0.15) is 70.6 Å². The molecular weight excluding hydrogens is 406 g/mol. The van der Waals surface area contributed by atoms with E-state index in [2.05, 4.69) is 22.8 Å². The minimum Gasteiger partial charge on any atom is -0.384 e. The molecule has 31 heavy (non-hydrogen) atoms. The van der Waals surface area contributed by atoms with E-state index in [4.69, 9.17) is 5.73 Å². The highest BCUT2D eigenvalue weighted by molar-refractivity contribution is 8.03. The molecule has 164 valence electrons. The van der Waals surface area contributed by atoms with Crippen molar-refractivity contribution in [2.24, 2.45) is 28.9 Å². The highest BCUT2D eigenvalue weighted by Crippen LogP contribution is 2.56. The van der Waals surface area contributed by atoms with Gasteiger partial charge in [0, 0.05) is 11.0 Å². The fourth-order valence-corrected chi connectivity index (χ4v) is 8.58. The summed E-state index contributed by atoms with van der Waals surface area (Å²) in [5.74, 6) is 3.01. The van der Waals surface area contributed by atoms with Crippen molar-refractivity contribution < 1.29 is 4.79 Å². The summed E-state index contributed by atoms with van der Waals surface area (Å²) in [7, 11) is 0. The Morgan fingerprint density at radius 3 is 2.16 bits per heavy atom. The highest BCUT2D eigenvalue weighted by atomic mass is 32.2. The topological polar surface area (TPSA) is 115 Å². The number of nitrogens with one attached hydrogen (secondary N) is 2. The lowest BCUT2D eigenvalue weighted by atomic mass is 9.53. The number of allylic oxidation sites excluding steroid dienone is 2. The van der Waals surface area contributed by atoms with Gasteiger partial charge in [0.1, 0.15) is 5.82 Å². The number of dihydropyridines is 1. The summed E-state index contributed by atoms with van der Waals surface area (Å²) in [5.41, 5.74) is 6.72. The second kappa shape index (κ2) is 7.78. The molecule has 1 spiro atoms. The Bertz CT molecular complexity index is 895. The van der Waals surface area contributed by atoms with Gasteiger partial charge >= 0.3 is 0 Å². The third kappa shape index (κ3) is 3.52. The van der Waals surface area contributed by atoms with Crippen molar-refractivity contribution in [1.29, 1.82) is 10.5 Å². The van der Waals surface area contributed by atoms with Crippen LogP contribution in [0.25, 0.3) is 0 Å². The number of carbonyl (C=O) groups is 1. The molecule has 1 aliphatic heterocycles. The number of hydrogen-bond acceptors (Lipinski definition) is 6. The van der Waals surface area contributed by atoms with Gasteiger partial charge in [-0.25, -0.2) is 0 Å². The summed E-state index contributed by atoms with van der Waals surface area (Å²) in [6, 6.07) is 4.64. The zero-order valence-electron chi connectivity index (χ0n) is 18.0. The molecule has 0 aromatic heterocycles. The average molecular weight is 438 g/mol. The minimum atomic E-state index is -0.587. The molecule has 1 heterocycles. The smallest absolute Gasteiger partial charge is 0.230 e. The predicted molar refractivity (Wildman–Crippen MR) is 120 cm³/mol. The number of thioether (sulfide) groups is 1. The van der Waals surface area contributed by atoms with E-state index in [0.717, 1.165) is 69.1 Å². The molecule has 0 unspecified atom stereocenters. The number of rotatable bonds is 4. The molecule has 6 rings (SSSR count). The first-order valence-corrected chi connectivity index (χ1v) is 12.7. The summed E-state index contributed by atoms with van der Waals surface area (Å²) in [6.45, 7) is 0. The number of nitriles is 2. The first kappa shape index (κ1) is 20.8. The number of amides is 1. The summed E-state index contributed by atoms with van der Waals surface area (Å²) >= 11 is 1.36. The van der Waals surface area contributed by atoms with E-state index in [0.29, 0.717) is 22.0 Å². The molecule has 1 amide bonds. The quantitative estimate of drug-likeness (QED) is 0.616. The number of hydrogen-bond donors (Lipinski definition) is 3. The van der Waals surface area contributed by atoms with Gasteiger partial charge in [0.15, 0.2) is 0 Å². The maximum Gasteiger partial charge on any atom is 0.230 e. The molecule has 0 aromatic carbocycles. The van der Waals surface area contributed by atoms with E-state index >= 15 is 0 Å². The van der Waals surface area contributed by atoms with Crippen molar-refractivity contribution in [2.45, 2.75) is 76.2 Å². The Balaban J connectivity index is 1.31. The lowest BCUT2D eigenvalue weighted by Gasteiger charge is -2.56. The summed E-state index contributed by atoms with van der Waals surface area (Å²) in [5, 5.41) is 26.9. The molecule has 0 atom stereocenters. The van der Waals surface area contributed by atoms with Crippen molar-refractivity contribution in [2.75, 3.05) is 5.75 Å². The molecular formula is C24H31N5OS. The number of nitrogens with two attached hydrogens (primary N) is 1. The second-order valence-electron chi connectivity index (χ2n) is 10.5. The normalized spacial score (nSPS) is 35.5. The molecule has 5 aliphatic carbocycles. The molecule has 7 heteroatoms. The zero-order valence-corrected chi connectivity index (χ0v) is 18.8. The largest absolute Gasteiger partial charge is 0.384 e. The van der Waals surface area contributed by atoms with Crippen molar-refractivity contribution in [3.63, 3.8) is 0 Å². The second-order valence-corrected chi connectivity index (χ2v) is 11.5. The zero-order chi connectivity index (χ0) is 21.6. The van der Waals surface area contributed by atoms with Crippen LogP contribution >= 0.6 is 11.8 Å². The van der Waals surface area contributed by atoms with Gasteiger partial charge in [-0.05, 0) is 69.1 Å². The maximum atomic E-state index is 13.0. The van der Waals surface area contributed by atoms with Crippen LogP contribution in [0.15, 0.2) is 22.0 Å². The van der Waals surface area contributed by atoms with E-state index in [-0.39, 0.29) is 17.2 Å². The lowest BCUT2D eigenvalue weighted by Crippen LogP contribution is -2.60. The number of carbonyl (C=O) groups excluding carboxylic acids is 1. The van der Waals surface area contributed by atoms with Crippen LogP contribution in [-0.4, -0.2) is 17.2 Å². The monoisotopic (exact) mass is 437 g/mol. The fourth-order valence-electron chi connectivity index (χ4n) is 7.67. The van der Waals surface area contributed by atoms with Crippen LogP contribution in [-0.2, 0) is 4.79 Å². The van der Waals surface area contributed by atoms with Gasteiger partial charge in [-0.3, -0.25) is 4.79 Å². The third-order valence-electron chi connectivity index (χ3n) is 8.42. The standard InChI is InChI=1S/C24H31N5OS/c25-12-18-21(27)28-22(19(13-26)24(18)4-2-1-3-5-24)31-14-20(30)29-23-9-15-6-16(10-23)8-17(7-15)11-23/h15-17,28H,1-11,14,27H2,(H,29,30). The number of nitrogens with zero attached hydrogens (tertiary/aromatic N) is 2. The van der Waals surface area contributed by atoms with E-state index < -0.39 is 5.41 Å². The first-order valence-electron chi connectivity index (χ1n) is 11.7. The van der Waals surface area contributed by atoms with E-state index in [1.165, 1.54) is 31.0 Å². The Labute approximate surface area is 188 Å². The van der Waals surface area contributed by atoms with Gasteiger partial charge in [0.25, 0.3) is 0 Å². The average Bonchev–Trinajstić information content (AvgIpc) is 2.71.